The molecule has 4 aromatic rings. The SMILES string of the molecule is Cc1ccc(S(=O)(=O)/N=C(\c2ccccc2)C(C#N)c2nc3ccccc3[nH]2)cc1. The molecule has 1 heterocycles. The summed E-state index contributed by atoms with van der Waals surface area (Å²) in [6.45, 7) is 1.88. The quantitative estimate of drug-likeness (QED) is 0.491. The van der Waals surface area contributed by atoms with Gasteiger partial charge in [-0.2, -0.15) is 18.1 Å². The van der Waals surface area contributed by atoms with Crippen molar-refractivity contribution in [3.05, 3.63) is 95.8 Å². The van der Waals surface area contributed by atoms with Gasteiger partial charge >= 0.3 is 0 Å². The first-order valence-electron chi connectivity index (χ1n) is 9.29. The standard InChI is InChI=1S/C23H18N4O2S/c1-16-11-13-18(14-12-16)30(28,29)27-22(17-7-3-2-4-8-17)19(15-24)23-25-20-9-5-6-10-21(20)26-23/h2-14,19H,1H3,(H,25,26)/b27-22+. The summed E-state index contributed by atoms with van der Waals surface area (Å²) in [4.78, 5) is 7.68. The van der Waals surface area contributed by atoms with Crippen LogP contribution in [0.4, 0.5) is 0 Å². The summed E-state index contributed by atoms with van der Waals surface area (Å²) in [5.41, 5.74) is 3.07. The van der Waals surface area contributed by atoms with E-state index in [9.17, 15) is 13.7 Å². The van der Waals surface area contributed by atoms with Gasteiger partial charge in [-0.05, 0) is 36.8 Å². The van der Waals surface area contributed by atoms with Gasteiger partial charge in [-0.3, -0.25) is 0 Å². The lowest BCUT2D eigenvalue weighted by molar-refractivity contribution is 0.598. The Morgan fingerprint density at radius 1 is 1.00 bits per heavy atom. The smallest absolute Gasteiger partial charge is 0.282 e. The van der Waals surface area contributed by atoms with Crippen molar-refractivity contribution in [3.63, 3.8) is 0 Å². The number of imidazole rings is 1. The van der Waals surface area contributed by atoms with Crippen LogP contribution in [0.1, 0.15) is 22.9 Å². The topological polar surface area (TPSA) is 99.0 Å². The van der Waals surface area contributed by atoms with Gasteiger partial charge in [0.1, 0.15) is 11.7 Å². The number of sulfonamides is 1. The third-order valence-electron chi connectivity index (χ3n) is 4.69. The number of benzene rings is 3. The maximum atomic E-state index is 13.0. The van der Waals surface area contributed by atoms with E-state index in [0.29, 0.717) is 16.9 Å². The van der Waals surface area contributed by atoms with Gasteiger partial charge in [0.2, 0.25) is 0 Å². The van der Waals surface area contributed by atoms with Gasteiger partial charge in [-0.1, -0.05) is 60.2 Å². The molecule has 3 aromatic carbocycles. The van der Waals surface area contributed by atoms with Crippen LogP contribution in [0, 0.1) is 18.3 Å². The Kier molecular flexibility index (Phi) is 5.17. The number of para-hydroxylation sites is 2. The zero-order valence-electron chi connectivity index (χ0n) is 16.1. The highest BCUT2D eigenvalue weighted by Crippen LogP contribution is 2.24. The molecule has 0 saturated carbocycles. The lowest BCUT2D eigenvalue weighted by Gasteiger charge is -2.11. The van der Waals surface area contributed by atoms with Gasteiger partial charge < -0.3 is 4.98 Å². The second kappa shape index (κ2) is 7.93. The maximum Gasteiger partial charge on any atom is 0.282 e. The molecule has 0 spiro atoms. The van der Waals surface area contributed by atoms with E-state index in [1.165, 1.54) is 12.1 Å². The molecule has 0 aliphatic carbocycles. The Morgan fingerprint density at radius 2 is 1.67 bits per heavy atom. The summed E-state index contributed by atoms with van der Waals surface area (Å²) in [6, 6.07) is 24.8. The van der Waals surface area contributed by atoms with Crippen LogP contribution in [0.15, 0.2) is 88.2 Å². The molecule has 0 amide bonds. The first-order chi connectivity index (χ1) is 14.5. The normalized spacial score (nSPS) is 13.1. The van der Waals surface area contributed by atoms with Gasteiger partial charge in [0.05, 0.1) is 27.7 Å². The number of rotatable bonds is 5. The van der Waals surface area contributed by atoms with Crippen molar-refractivity contribution in [1.29, 1.82) is 5.26 Å². The molecule has 0 fully saturated rings. The molecule has 7 heteroatoms. The Hall–Kier alpha value is -3.76. The highest BCUT2D eigenvalue weighted by molar-refractivity contribution is 7.90. The van der Waals surface area contributed by atoms with E-state index in [2.05, 4.69) is 20.4 Å². The zero-order chi connectivity index (χ0) is 21.1. The van der Waals surface area contributed by atoms with Crippen LogP contribution in [0.5, 0.6) is 0 Å². The number of nitriles is 1. The number of aryl methyl sites for hydroxylation is 1. The predicted octanol–water partition coefficient (Wildman–Crippen LogP) is 4.36. The van der Waals surface area contributed by atoms with Crippen molar-refractivity contribution < 1.29 is 8.42 Å². The van der Waals surface area contributed by atoms with Crippen molar-refractivity contribution in [3.8, 4) is 6.07 Å². The van der Waals surface area contributed by atoms with Gasteiger partial charge in [-0.15, -0.1) is 0 Å². The zero-order valence-corrected chi connectivity index (χ0v) is 17.0. The van der Waals surface area contributed by atoms with E-state index < -0.39 is 15.9 Å². The van der Waals surface area contributed by atoms with Crippen LogP contribution < -0.4 is 0 Å². The summed E-state index contributed by atoms with van der Waals surface area (Å²) >= 11 is 0. The van der Waals surface area contributed by atoms with Crippen LogP contribution in [0.2, 0.25) is 0 Å². The average Bonchev–Trinajstić information content (AvgIpc) is 3.18. The van der Waals surface area contributed by atoms with Crippen LogP contribution >= 0.6 is 0 Å². The number of hydrogen-bond acceptors (Lipinski definition) is 4. The van der Waals surface area contributed by atoms with E-state index in [1.807, 2.05) is 37.3 Å². The number of H-pyrrole nitrogens is 1. The third kappa shape index (κ3) is 3.86. The number of nitrogens with one attached hydrogen (secondary N) is 1. The summed E-state index contributed by atoms with van der Waals surface area (Å²) in [7, 11) is -4.02. The van der Waals surface area contributed by atoms with Crippen LogP contribution in [0.3, 0.4) is 0 Å². The number of aromatic amines is 1. The van der Waals surface area contributed by atoms with Crippen LogP contribution in [0.25, 0.3) is 11.0 Å². The molecule has 6 nitrogen and oxygen atoms in total. The third-order valence-corrected chi connectivity index (χ3v) is 6.00. The molecule has 1 atom stereocenters. The van der Waals surface area contributed by atoms with E-state index in [1.54, 1.807) is 36.4 Å². The van der Waals surface area contributed by atoms with Crippen LogP contribution in [-0.4, -0.2) is 24.1 Å². The second-order valence-electron chi connectivity index (χ2n) is 6.83. The first kappa shape index (κ1) is 19.6. The lowest BCUT2D eigenvalue weighted by atomic mass is 9.97. The first-order valence-corrected chi connectivity index (χ1v) is 10.7. The monoisotopic (exact) mass is 414 g/mol. The maximum absolute atomic E-state index is 13.0. The van der Waals surface area contributed by atoms with E-state index in [0.717, 1.165) is 11.1 Å². The minimum absolute atomic E-state index is 0.0721. The molecule has 1 N–H and O–H groups in total. The van der Waals surface area contributed by atoms with Crippen LogP contribution in [-0.2, 0) is 10.0 Å². The fraction of sp³-hybridized carbons (Fsp3) is 0.0870. The predicted molar refractivity (Wildman–Crippen MR) is 116 cm³/mol. The molecular weight excluding hydrogens is 396 g/mol. The number of fused-ring (bicyclic) bond motifs is 1. The van der Waals surface area contributed by atoms with Gasteiger partial charge in [0, 0.05) is 0 Å². The minimum atomic E-state index is -4.02. The van der Waals surface area contributed by atoms with Gasteiger partial charge in [0.25, 0.3) is 10.0 Å². The minimum Gasteiger partial charge on any atom is -0.341 e. The Morgan fingerprint density at radius 3 is 2.33 bits per heavy atom. The highest BCUT2D eigenvalue weighted by atomic mass is 32.2. The lowest BCUT2D eigenvalue weighted by Crippen LogP contribution is -2.16. The molecule has 1 aromatic heterocycles. The molecule has 0 aliphatic rings. The van der Waals surface area contributed by atoms with Gasteiger partial charge in [-0.25, -0.2) is 4.98 Å². The van der Waals surface area contributed by atoms with Crippen molar-refractivity contribution in [2.45, 2.75) is 17.7 Å². The molecule has 0 bridgehead atoms. The second-order valence-corrected chi connectivity index (χ2v) is 8.44. The van der Waals surface area contributed by atoms with E-state index in [-0.39, 0.29) is 10.6 Å². The number of aromatic nitrogens is 2. The molecule has 1 unspecified atom stereocenters. The molecule has 0 radical (unpaired) electrons. The summed E-state index contributed by atoms with van der Waals surface area (Å²) in [6.07, 6.45) is 0. The van der Waals surface area contributed by atoms with Crippen molar-refractivity contribution >= 4 is 26.8 Å². The Bertz CT molecular complexity index is 1330. The molecule has 148 valence electrons. The number of hydrogen-bond donors (Lipinski definition) is 1. The van der Waals surface area contributed by atoms with Crippen molar-refractivity contribution in [2.75, 3.05) is 0 Å². The van der Waals surface area contributed by atoms with Crippen molar-refractivity contribution in [2.24, 2.45) is 4.40 Å². The Labute approximate surface area is 174 Å². The summed E-state index contributed by atoms with van der Waals surface area (Å²) in [5, 5.41) is 9.95. The molecule has 0 aliphatic heterocycles. The van der Waals surface area contributed by atoms with E-state index >= 15 is 0 Å². The molecular formula is C23H18N4O2S. The Balaban J connectivity index is 1.88. The van der Waals surface area contributed by atoms with Gasteiger partial charge in [0.15, 0.2) is 0 Å². The fourth-order valence-electron chi connectivity index (χ4n) is 3.13. The summed E-state index contributed by atoms with van der Waals surface area (Å²) in [5.74, 6) is -0.638. The van der Waals surface area contributed by atoms with E-state index in [4.69, 9.17) is 0 Å². The molecule has 0 saturated heterocycles. The fourth-order valence-corrected chi connectivity index (χ4v) is 4.19. The number of nitrogens with zero attached hydrogens (tertiary/aromatic N) is 3. The van der Waals surface area contributed by atoms with Crippen molar-refractivity contribution in [1.82, 2.24) is 9.97 Å². The molecule has 4 rings (SSSR count). The largest absolute Gasteiger partial charge is 0.341 e. The molecule has 30 heavy (non-hydrogen) atoms. The summed E-state index contributed by atoms with van der Waals surface area (Å²) < 4.78 is 30.1. The highest BCUT2D eigenvalue weighted by Gasteiger charge is 2.26. The average molecular weight is 414 g/mol.